The molecule has 0 radical (unpaired) electrons. The zero-order valence-corrected chi connectivity index (χ0v) is 15.6. The topological polar surface area (TPSA) is 81.4 Å². The Morgan fingerprint density at radius 1 is 1.22 bits per heavy atom. The molecule has 0 bridgehead atoms. The summed E-state index contributed by atoms with van der Waals surface area (Å²) in [4.78, 5) is 25.0. The van der Waals surface area contributed by atoms with E-state index in [9.17, 15) is 14.7 Å². The number of carboxylic acid groups (broad SMARTS) is 1. The molecule has 1 aromatic heterocycles. The molecule has 7 heteroatoms. The summed E-state index contributed by atoms with van der Waals surface area (Å²) in [5.41, 5.74) is 3.76. The Kier molecular flexibility index (Phi) is 4.45. The number of fused-ring (bicyclic) bond motifs is 3. The van der Waals surface area contributed by atoms with Gasteiger partial charge in [-0.15, -0.1) is 0 Å². The van der Waals surface area contributed by atoms with Crippen LogP contribution in [0.5, 0.6) is 0 Å². The number of hydrogen-bond donors (Lipinski definition) is 1. The third-order valence-corrected chi connectivity index (χ3v) is 5.77. The van der Waals surface area contributed by atoms with E-state index in [2.05, 4.69) is 11.2 Å². The Hall–Kier alpha value is -3.06. The average Bonchev–Trinajstić information content (AvgIpc) is 3.08. The highest BCUT2D eigenvalue weighted by atomic mass is 32.2. The van der Waals surface area contributed by atoms with Gasteiger partial charge in [-0.25, -0.2) is 26.0 Å². The molecule has 1 N–H and O–H groups in total. The van der Waals surface area contributed by atoms with Gasteiger partial charge in [-0.3, -0.25) is 0 Å². The summed E-state index contributed by atoms with van der Waals surface area (Å²) in [6.45, 7) is 2.03. The number of carboxylic acids is 1. The maximum atomic E-state index is 12.5. The first-order chi connectivity index (χ1) is 13.1. The Balaban J connectivity index is 1.96. The molecule has 2 aromatic carbocycles. The molecule has 27 heavy (non-hydrogen) atoms. The zero-order valence-electron chi connectivity index (χ0n) is 14.6. The molecular weight excluding hydrogens is 364 g/mol. The van der Waals surface area contributed by atoms with Crippen molar-refractivity contribution < 1.29 is 19.4 Å². The maximum Gasteiger partial charge on any atom is 0.359 e. The van der Waals surface area contributed by atoms with Crippen LogP contribution in [-0.4, -0.2) is 33.4 Å². The molecule has 0 atom stereocenters. The van der Waals surface area contributed by atoms with Crippen molar-refractivity contribution in [3.8, 4) is 16.9 Å². The monoisotopic (exact) mass is 382 g/mol. The summed E-state index contributed by atoms with van der Waals surface area (Å²) in [6.07, 6.45) is 0. The molecule has 0 saturated carbocycles. The first-order valence-electron chi connectivity index (χ1n) is 8.56. The van der Waals surface area contributed by atoms with Gasteiger partial charge >= 0.3 is 11.9 Å². The predicted molar refractivity (Wildman–Crippen MR) is 104 cm³/mol. The van der Waals surface area contributed by atoms with Gasteiger partial charge in [0, 0.05) is 16.9 Å². The summed E-state index contributed by atoms with van der Waals surface area (Å²) < 4.78 is 6.85. The van der Waals surface area contributed by atoms with Crippen molar-refractivity contribution >= 4 is 23.7 Å². The minimum Gasteiger partial charge on any atom is -0.478 e. The number of esters is 1. The van der Waals surface area contributed by atoms with Crippen LogP contribution < -0.4 is 0 Å². The molecule has 138 valence electrons. The summed E-state index contributed by atoms with van der Waals surface area (Å²) >= 11 is 0.540. The van der Waals surface area contributed by atoms with Crippen molar-refractivity contribution in [2.75, 3.05) is 6.61 Å². The van der Waals surface area contributed by atoms with E-state index in [4.69, 9.17) is 4.74 Å². The van der Waals surface area contributed by atoms with Crippen molar-refractivity contribution in [3.63, 3.8) is 0 Å². The van der Waals surface area contributed by atoms with E-state index >= 15 is 0 Å². The molecule has 6 nitrogen and oxygen atoms in total. The lowest BCUT2D eigenvalue weighted by atomic mass is 10.1. The minimum atomic E-state index is -1.01. The number of nitrogens with zero attached hydrogens (tertiary/aromatic N) is 2. The lowest BCUT2D eigenvalue weighted by molar-refractivity contribution is 0.0517. The van der Waals surface area contributed by atoms with Crippen molar-refractivity contribution in [1.29, 1.82) is 0 Å². The lowest BCUT2D eigenvalue weighted by Crippen LogP contribution is -2.08. The van der Waals surface area contributed by atoms with Crippen molar-refractivity contribution in [1.82, 2.24) is 9.78 Å². The number of carbonyl (C=O) groups excluding carboxylic acids is 1. The van der Waals surface area contributed by atoms with Gasteiger partial charge in [0.1, 0.15) is 0 Å². The lowest BCUT2D eigenvalue weighted by Gasteiger charge is -2.20. The van der Waals surface area contributed by atoms with Crippen LogP contribution >= 0.6 is 11.8 Å². The first-order valence-corrected chi connectivity index (χ1v) is 9.77. The third kappa shape index (κ3) is 3.00. The smallest absolute Gasteiger partial charge is 0.359 e. The molecular formula is C20H18N2O4S. The summed E-state index contributed by atoms with van der Waals surface area (Å²) in [5, 5.41) is 13.8. The first kappa shape index (κ1) is 17.4. The van der Waals surface area contributed by atoms with Crippen LogP contribution in [0, 0.1) is 0 Å². The normalized spacial score (nSPS) is 13.7. The molecule has 1 aliphatic heterocycles. The SMILES string of the molecule is CCOC(=O)c1nn(-c2cccc(C(=O)O)c2)c2c1C[SH2]c1ccccc1-2. The van der Waals surface area contributed by atoms with Crippen molar-refractivity contribution in [3.05, 3.63) is 65.4 Å². The number of ether oxygens (including phenoxy) is 1. The van der Waals surface area contributed by atoms with Crippen LogP contribution in [0.2, 0.25) is 0 Å². The fourth-order valence-electron chi connectivity index (χ4n) is 3.24. The van der Waals surface area contributed by atoms with Crippen LogP contribution in [0.4, 0.5) is 0 Å². The van der Waals surface area contributed by atoms with Gasteiger partial charge in [0.25, 0.3) is 0 Å². The number of rotatable bonds is 4. The van der Waals surface area contributed by atoms with Gasteiger partial charge in [0.05, 0.1) is 23.6 Å². The van der Waals surface area contributed by atoms with Crippen LogP contribution in [0.3, 0.4) is 0 Å². The average molecular weight is 382 g/mol. The molecule has 3 aromatic rings. The highest BCUT2D eigenvalue weighted by Gasteiger charge is 2.29. The molecule has 0 unspecified atom stereocenters. The molecule has 1 aliphatic rings. The molecule has 2 heterocycles. The van der Waals surface area contributed by atoms with Crippen LogP contribution in [0.25, 0.3) is 16.9 Å². The third-order valence-electron chi connectivity index (χ3n) is 4.43. The van der Waals surface area contributed by atoms with Gasteiger partial charge < -0.3 is 9.84 Å². The van der Waals surface area contributed by atoms with E-state index in [1.54, 1.807) is 29.8 Å². The number of aromatic carboxylic acids is 1. The van der Waals surface area contributed by atoms with E-state index in [1.807, 2.05) is 18.2 Å². The number of aromatic nitrogens is 2. The van der Waals surface area contributed by atoms with Gasteiger partial charge in [0.15, 0.2) is 5.69 Å². The van der Waals surface area contributed by atoms with E-state index in [-0.39, 0.29) is 12.2 Å². The quantitative estimate of drug-likeness (QED) is 0.699. The Bertz CT molecular complexity index is 1060. The molecule has 0 spiro atoms. The summed E-state index contributed by atoms with van der Waals surface area (Å²) in [5.74, 6) is -0.754. The Labute approximate surface area is 159 Å². The molecule has 0 amide bonds. The minimum absolute atomic E-state index is 0.167. The summed E-state index contributed by atoms with van der Waals surface area (Å²) in [6, 6.07) is 14.6. The highest BCUT2D eigenvalue weighted by molar-refractivity contribution is 7.98. The van der Waals surface area contributed by atoms with Crippen LogP contribution in [0.1, 0.15) is 33.3 Å². The number of hydrogen-bond acceptors (Lipinski definition) is 4. The van der Waals surface area contributed by atoms with Crippen LogP contribution in [-0.2, 0) is 10.5 Å². The van der Waals surface area contributed by atoms with Gasteiger partial charge in [-0.1, -0.05) is 24.3 Å². The predicted octanol–water partition coefficient (Wildman–Crippen LogP) is 3.48. The molecule has 0 saturated heterocycles. The maximum absolute atomic E-state index is 12.5. The molecule has 0 aliphatic carbocycles. The van der Waals surface area contributed by atoms with Crippen molar-refractivity contribution in [2.45, 2.75) is 17.6 Å². The molecule has 4 rings (SSSR count). The van der Waals surface area contributed by atoms with Gasteiger partial charge in [-0.05, 0) is 36.1 Å². The molecule has 0 fully saturated rings. The van der Waals surface area contributed by atoms with E-state index in [1.165, 1.54) is 11.0 Å². The second-order valence-corrected chi connectivity index (χ2v) is 7.31. The number of carbonyl (C=O) groups is 2. The van der Waals surface area contributed by atoms with Gasteiger partial charge in [0.2, 0.25) is 0 Å². The zero-order chi connectivity index (χ0) is 19.0. The highest BCUT2D eigenvalue weighted by Crippen LogP contribution is 2.43. The van der Waals surface area contributed by atoms with E-state index in [0.717, 1.165) is 16.8 Å². The number of benzene rings is 2. The van der Waals surface area contributed by atoms with E-state index in [0.29, 0.717) is 28.9 Å². The largest absolute Gasteiger partial charge is 0.478 e. The fraction of sp³-hybridized carbons (Fsp3) is 0.150. The van der Waals surface area contributed by atoms with Crippen molar-refractivity contribution in [2.24, 2.45) is 0 Å². The Morgan fingerprint density at radius 3 is 2.81 bits per heavy atom. The van der Waals surface area contributed by atoms with Gasteiger partial charge in [-0.2, -0.15) is 5.10 Å². The second kappa shape index (κ2) is 6.92. The van der Waals surface area contributed by atoms with E-state index < -0.39 is 11.9 Å². The standard InChI is InChI=1S/C20H18N2O4S/c1-2-26-20(25)17-15-11-27-16-9-4-3-8-14(16)18(15)22(21-17)13-7-5-6-12(10-13)19(23)24/h3-10H,2,11,27H2,1H3,(H,23,24). The van der Waals surface area contributed by atoms with Crippen LogP contribution in [0.15, 0.2) is 53.4 Å². The Morgan fingerprint density at radius 2 is 2.04 bits per heavy atom. The second-order valence-electron chi connectivity index (χ2n) is 6.06. The summed E-state index contributed by atoms with van der Waals surface area (Å²) in [7, 11) is 0. The fourth-order valence-corrected chi connectivity index (χ4v) is 4.55.